The molecule has 15 aromatic rings. The molecular formula is C64H38N2O3. The van der Waals surface area contributed by atoms with Crippen LogP contribution in [0.25, 0.3) is 126 Å². The lowest BCUT2D eigenvalue weighted by Gasteiger charge is -2.25. The van der Waals surface area contributed by atoms with Gasteiger partial charge >= 0.3 is 0 Å². The molecule has 0 radical (unpaired) electrons. The molecule has 0 spiro atoms. The lowest BCUT2D eigenvalue weighted by Crippen LogP contribution is -2.09. The van der Waals surface area contributed by atoms with Gasteiger partial charge in [-0.1, -0.05) is 115 Å². The van der Waals surface area contributed by atoms with Gasteiger partial charge in [0.1, 0.15) is 33.5 Å². The van der Waals surface area contributed by atoms with Crippen molar-refractivity contribution < 1.29 is 13.3 Å². The fraction of sp³-hybridized carbons (Fsp3) is 0. The lowest BCUT2D eigenvalue weighted by atomic mass is 9.97. The van der Waals surface area contributed by atoms with Gasteiger partial charge in [0, 0.05) is 78.0 Å². The van der Waals surface area contributed by atoms with Gasteiger partial charge < -0.3 is 22.7 Å². The Labute approximate surface area is 394 Å². The number of hydrogen-bond acceptors (Lipinski definition) is 4. The van der Waals surface area contributed by atoms with Crippen LogP contribution in [0.4, 0.5) is 17.1 Å². The van der Waals surface area contributed by atoms with E-state index in [1.807, 2.05) is 30.3 Å². The standard InChI is InChI=1S/C64H38N2O3/c1-2-13-44(14-3-1)66-56-31-23-42(34-54(56)55-38-53-43(35-57(55)66)24-32-61-64(53)52-17-6-9-20-60(52)67-61)41-12-10-11-40(33-41)39-21-25-45(26-22-39)65(46-27-29-50-48-15-4-7-18-58(48)68-62(50)36-46)47-28-30-51-49-16-5-8-19-59(49)69-63(51)37-47/h1-38H. The summed E-state index contributed by atoms with van der Waals surface area (Å²) in [5.41, 5.74) is 16.3. The molecule has 0 bridgehead atoms. The molecule has 15 rings (SSSR count). The molecule has 0 atom stereocenters. The Morgan fingerprint density at radius 1 is 0.275 bits per heavy atom. The van der Waals surface area contributed by atoms with E-state index in [4.69, 9.17) is 13.3 Å². The van der Waals surface area contributed by atoms with Crippen molar-refractivity contribution in [1.29, 1.82) is 0 Å². The first-order valence-corrected chi connectivity index (χ1v) is 23.4. The lowest BCUT2D eigenvalue weighted by molar-refractivity contribution is 0.668. The van der Waals surface area contributed by atoms with Crippen molar-refractivity contribution in [3.63, 3.8) is 0 Å². The number of para-hydroxylation sites is 4. The van der Waals surface area contributed by atoms with Crippen LogP contribution < -0.4 is 4.90 Å². The summed E-state index contributed by atoms with van der Waals surface area (Å²) in [6, 6.07) is 82.2. The molecular weight excluding hydrogens is 845 g/mol. The van der Waals surface area contributed by atoms with E-state index >= 15 is 0 Å². The molecule has 0 saturated heterocycles. The van der Waals surface area contributed by atoms with Crippen molar-refractivity contribution in [1.82, 2.24) is 4.57 Å². The van der Waals surface area contributed by atoms with Gasteiger partial charge in [0.2, 0.25) is 0 Å². The van der Waals surface area contributed by atoms with Crippen LogP contribution in [0.5, 0.6) is 0 Å². The van der Waals surface area contributed by atoms with E-state index in [9.17, 15) is 0 Å². The van der Waals surface area contributed by atoms with Crippen LogP contribution in [-0.2, 0) is 0 Å². The number of anilines is 3. The number of benzene rings is 11. The maximum absolute atomic E-state index is 6.41. The number of rotatable bonds is 6. The zero-order chi connectivity index (χ0) is 45.2. The maximum Gasteiger partial charge on any atom is 0.137 e. The molecule has 0 saturated carbocycles. The number of hydrogen-bond donors (Lipinski definition) is 0. The number of aromatic nitrogens is 1. The molecule has 0 aliphatic heterocycles. The summed E-state index contributed by atoms with van der Waals surface area (Å²) in [6.45, 7) is 0. The van der Waals surface area contributed by atoms with Crippen LogP contribution in [0.15, 0.2) is 244 Å². The van der Waals surface area contributed by atoms with Crippen LogP contribution >= 0.6 is 0 Å². The molecule has 0 fully saturated rings. The monoisotopic (exact) mass is 882 g/mol. The molecule has 0 aliphatic carbocycles. The summed E-state index contributed by atoms with van der Waals surface area (Å²) in [5.74, 6) is 0. The van der Waals surface area contributed by atoms with Crippen molar-refractivity contribution in [2.45, 2.75) is 0 Å². The minimum atomic E-state index is 0.844. The Kier molecular flexibility index (Phi) is 8.00. The molecule has 0 amide bonds. The predicted octanol–water partition coefficient (Wildman–Crippen LogP) is 18.4. The molecule has 4 heterocycles. The average Bonchev–Trinajstić information content (AvgIpc) is 4.17. The molecule has 0 aliphatic rings. The molecule has 5 heteroatoms. The second-order valence-corrected chi connectivity index (χ2v) is 18.1. The van der Waals surface area contributed by atoms with Gasteiger partial charge in [-0.2, -0.15) is 0 Å². The molecule has 322 valence electrons. The third kappa shape index (κ3) is 5.84. The highest BCUT2D eigenvalue weighted by Crippen LogP contribution is 2.44. The van der Waals surface area contributed by atoms with E-state index < -0.39 is 0 Å². The Bertz CT molecular complexity index is 4440. The Morgan fingerprint density at radius 3 is 1.51 bits per heavy atom. The van der Waals surface area contributed by atoms with E-state index in [1.54, 1.807) is 0 Å². The first kappa shape index (κ1) is 37.9. The van der Waals surface area contributed by atoms with Gasteiger partial charge in [-0.15, -0.1) is 0 Å². The number of fused-ring (bicyclic) bond motifs is 14. The molecule has 4 aromatic heterocycles. The highest BCUT2D eigenvalue weighted by atomic mass is 16.3. The predicted molar refractivity (Wildman–Crippen MR) is 286 cm³/mol. The molecule has 5 nitrogen and oxygen atoms in total. The Morgan fingerprint density at radius 2 is 0.812 bits per heavy atom. The smallest absolute Gasteiger partial charge is 0.137 e. The second kappa shape index (κ2) is 14.6. The molecule has 69 heavy (non-hydrogen) atoms. The Hall–Kier alpha value is -9.32. The summed E-state index contributed by atoms with van der Waals surface area (Å²) in [4.78, 5) is 2.28. The minimum Gasteiger partial charge on any atom is -0.456 e. The van der Waals surface area contributed by atoms with Gasteiger partial charge in [0.15, 0.2) is 0 Å². The normalized spacial score (nSPS) is 12.1. The van der Waals surface area contributed by atoms with E-state index in [2.05, 4.69) is 210 Å². The van der Waals surface area contributed by atoms with Crippen LogP contribution in [0, 0.1) is 0 Å². The summed E-state index contributed by atoms with van der Waals surface area (Å²) < 4.78 is 21.6. The highest BCUT2D eigenvalue weighted by Gasteiger charge is 2.20. The van der Waals surface area contributed by atoms with Crippen LogP contribution in [0.2, 0.25) is 0 Å². The number of nitrogens with zero attached hydrogens (tertiary/aromatic N) is 2. The van der Waals surface area contributed by atoms with Crippen molar-refractivity contribution in [3.8, 4) is 27.9 Å². The molecule has 0 N–H and O–H groups in total. The largest absolute Gasteiger partial charge is 0.456 e. The maximum atomic E-state index is 6.41. The fourth-order valence-corrected chi connectivity index (χ4v) is 10.9. The van der Waals surface area contributed by atoms with Crippen LogP contribution in [-0.4, -0.2) is 4.57 Å². The zero-order valence-electron chi connectivity index (χ0n) is 37.1. The van der Waals surface area contributed by atoms with Crippen LogP contribution in [0.1, 0.15) is 0 Å². The van der Waals surface area contributed by atoms with Gasteiger partial charge in [-0.3, -0.25) is 0 Å². The Balaban J connectivity index is 0.842. The summed E-state index contributed by atoms with van der Waals surface area (Å²) >= 11 is 0. The summed E-state index contributed by atoms with van der Waals surface area (Å²) in [6.07, 6.45) is 0. The average molecular weight is 883 g/mol. The SMILES string of the molecule is c1ccc(-n2c3ccc(-c4cccc(-c5ccc(N(c6ccc7c(c6)oc6ccccc67)c6ccc7c(c6)oc6ccccc67)cc5)c4)cc3c3cc4c(ccc5oc6ccccc6c54)cc32)cc1. The van der Waals surface area contributed by atoms with Crippen LogP contribution in [0.3, 0.4) is 0 Å². The zero-order valence-corrected chi connectivity index (χ0v) is 37.1. The van der Waals surface area contributed by atoms with E-state index in [-0.39, 0.29) is 0 Å². The van der Waals surface area contributed by atoms with Gasteiger partial charge in [0.25, 0.3) is 0 Å². The first-order valence-electron chi connectivity index (χ1n) is 23.4. The van der Waals surface area contributed by atoms with Gasteiger partial charge in [0.05, 0.1) is 11.0 Å². The topological polar surface area (TPSA) is 47.6 Å². The molecule has 0 unspecified atom stereocenters. The third-order valence-electron chi connectivity index (χ3n) is 14.2. The van der Waals surface area contributed by atoms with Crippen molar-refractivity contribution in [2.75, 3.05) is 4.90 Å². The van der Waals surface area contributed by atoms with E-state index in [0.717, 1.165) is 111 Å². The first-order chi connectivity index (χ1) is 34.2. The molecule has 11 aromatic carbocycles. The summed E-state index contributed by atoms with van der Waals surface area (Å²) in [5, 5.41) is 11.5. The second-order valence-electron chi connectivity index (χ2n) is 18.1. The van der Waals surface area contributed by atoms with Crippen molar-refractivity contribution >= 4 is 115 Å². The van der Waals surface area contributed by atoms with Crippen molar-refractivity contribution in [2.24, 2.45) is 0 Å². The van der Waals surface area contributed by atoms with Gasteiger partial charge in [-0.05, 0) is 136 Å². The van der Waals surface area contributed by atoms with E-state index in [1.165, 1.54) is 32.6 Å². The van der Waals surface area contributed by atoms with Crippen molar-refractivity contribution in [3.05, 3.63) is 231 Å². The third-order valence-corrected chi connectivity index (χ3v) is 14.2. The highest BCUT2D eigenvalue weighted by molar-refractivity contribution is 6.23. The fourth-order valence-electron chi connectivity index (χ4n) is 10.9. The minimum absolute atomic E-state index is 0.844. The summed E-state index contributed by atoms with van der Waals surface area (Å²) in [7, 11) is 0. The van der Waals surface area contributed by atoms with Gasteiger partial charge in [-0.25, -0.2) is 0 Å². The quantitative estimate of drug-likeness (QED) is 0.167. The van der Waals surface area contributed by atoms with E-state index in [0.29, 0.717) is 0 Å². The number of furan rings is 3.